The normalized spacial score (nSPS) is 10.6. The van der Waals surface area contributed by atoms with Crippen molar-refractivity contribution in [2.75, 3.05) is 28.4 Å². The number of carbonyl (C=O) groups excluding carboxylic acids is 5. The molecular formula is C32H36N2O10S. The number of benzene rings is 1. The van der Waals surface area contributed by atoms with Gasteiger partial charge in [-0.05, 0) is 47.6 Å². The van der Waals surface area contributed by atoms with E-state index < -0.39 is 29.8 Å². The van der Waals surface area contributed by atoms with Crippen LogP contribution in [-0.2, 0) is 75.2 Å². The highest BCUT2D eigenvalue weighted by Gasteiger charge is 2.30. The average Bonchev–Trinajstić information content (AvgIpc) is 3.57. The van der Waals surface area contributed by atoms with Gasteiger partial charge < -0.3 is 33.7 Å². The summed E-state index contributed by atoms with van der Waals surface area (Å²) in [5.41, 5.74) is 3.89. The molecule has 0 radical (unpaired) electrons. The number of hydrogen-bond acceptors (Lipinski definition) is 11. The summed E-state index contributed by atoms with van der Waals surface area (Å²) in [6.07, 6.45) is -0.258. The molecule has 0 unspecified atom stereocenters. The summed E-state index contributed by atoms with van der Waals surface area (Å²) < 4.78 is 25.0. The van der Waals surface area contributed by atoms with E-state index in [1.807, 2.05) is 18.2 Å². The van der Waals surface area contributed by atoms with Gasteiger partial charge in [0, 0.05) is 18.5 Å². The van der Waals surface area contributed by atoms with Crippen LogP contribution in [0.3, 0.4) is 0 Å². The van der Waals surface area contributed by atoms with E-state index in [-0.39, 0.29) is 61.4 Å². The maximum atomic E-state index is 13.5. The van der Waals surface area contributed by atoms with E-state index in [1.54, 1.807) is 19.1 Å². The lowest BCUT2D eigenvalue weighted by Crippen LogP contribution is -2.14. The first kappa shape index (κ1) is 34.7. The third-order valence-corrected chi connectivity index (χ3v) is 7.64. The lowest BCUT2D eigenvalue weighted by Gasteiger charge is -2.11. The molecular weight excluding hydrogens is 604 g/mol. The highest BCUT2D eigenvalue weighted by Crippen LogP contribution is 2.30. The molecule has 0 bridgehead atoms. The Morgan fingerprint density at radius 1 is 0.644 bits per heavy atom. The van der Waals surface area contributed by atoms with Crippen molar-refractivity contribution in [3.05, 3.63) is 80.9 Å². The first-order valence-corrected chi connectivity index (χ1v) is 14.4. The molecule has 0 spiro atoms. The Kier molecular flexibility index (Phi) is 12.6. The summed E-state index contributed by atoms with van der Waals surface area (Å²) in [5, 5.41) is 0. The van der Waals surface area contributed by atoms with Gasteiger partial charge in [-0.25, -0.2) is 4.79 Å². The molecule has 12 nitrogen and oxygen atoms in total. The highest BCUT2D eigenvalue weighted by molar-refractivity contribution is 7.81. The molecule has 0 aliphatic carbocycles. The second-order valence-electron chi connectivity index (χ2n) is 9.96. The molecule has 3 rings (SSSR count). The van der Waals surface area contributed by atoms with Gasteiger partial charge in [0.2, 0.25) is 0 Å². The fourth-order valence-electron chi connectivity index (χ4n) is 4.85. The molecule has 0 saturated heterocycles. The molecule has 13 heteroatoms. The Balaban J connectivity index is 2.17. The van der Waals surface area contributed by atoms with Crippen molar-refractivity contribution in [2.45, 2.75) is 52.1 Å². The minimum absolute atomic E-state index is 0.00123. The third-order valence-electron chi connectivity index (χ3n) is 7.23. The monoisotopic (exact) mass is 640 g/mol. The van der Waals surface area contributed by atoms with Crippen molar-refractivity contribution in [3.8, 4) is 0 Å². The molecule has 2 heterocycles. The van der Waals surface area contributed by atoms with E-state index in [4.69, 9.17) is 35.9 Å². The molecule has 0 aliphatic rings. The van der Waals surface area contributed by atoms with E-state index in [0.717, 1.165) is 5.56 Å². The van der Waals surface area contributed by atoms with E-state index in [2.05, 4.69) is 9.97 Å². The zero-order chi connectivity index (χ0) is 33.1. The predicted octanol–water partition coefficient (Wildman–Crippen LogP) is 3.42. The number of ether oxygens (including phenoxy) is 5. The molecule has 0 aliphatic heterocycles. The van der Waals surface area contributed by atoms with E-state index >= 15 is 0 Å². The lowest BCUT2D eigenvalue weighted by atomic mass is 9.96. The van der Waals surface area contributed by atoms with Crippen LogP contribution < -0.4 is 0 Å². The van der Waals surface area contributed by atoms with Crippen LogP contribution >= 0.6 is 12.2 Å². The fourth-order valence-corrected chi connectivity index (χ4v) is 5.20. The summed E-state index contributed by atoms with van der Waals surface area (Å²) in [5.74, 6) is -2.81. The zero-order valence-electron chi connectivity index (χ0n) is 25.8. The van der Waals surface area contributed by atoms with Crippen LogP contribution in [0.1, 0.15) is 68.2 Å². The van der Waals surface area contributed by atoms with Crippen LogP contribution in [0.4, 0.5) is 0 Å². The van der Waals surface area contributed by atoms with E-state index in [9.17, 15) is 24.0 Å². The van der Waals surface area contributed by atoms with Crippen molar-refractivity contribution in [2.24, 2.45) is 0 Å². The minimum Gasteiger partial charge on any atom is -0.469 e. The van der Waals surface area contributed by atoms with Gasteiger partial charge >= 0.3 is 29.8 Å². The number of H-pyrrole nitrogens is 2. The van der Waals surface area contributed by atoms with Crippen molar-refractivity contribution in [1.82, 2.24) is 9.97 Å². The van der Waals surface area contributed by atoms with Crippen molar-refractivity contribution < 1.29 is 47.7 Å². The molecule has 0 saturated carbocycles. The zero-order valence-corrected chi connectivity index (χ0v) is 26.6. The third kappa shape index (κ3) is 8.88. The molecule has 240 valence electrons. The van der Waals surface area contributed by atoms with E-state index in [1.165, 1.54) is 28.4 Å². The quantitative estimate of drug-likeness (QED) is 0.108. The van der Waals surface area contributed by atoms with Gasteiger partial charge in [-0.15, -0.1) is 0 Å². The first-order valence-electron chi connectivity index (χ1n) is 14.0. The summed E-state index contributed by atoms with van der Waals surface area (Å²) in [6, 6.07) is 9.08. The van der Waals surface area contributed by atoms with Crippen molar-refractivity contribution in [1.29, 1.82) is 0 Å². The number of thiocarbonyl (C=S) groups is 1. The number of esters is 5. The number of carbonyl (C=O) groups is 5. The largest absolute Gasteiger partial charge is 0.469 e. The Hall–Kier alpha value is -4.78. The predicted molar refractivity (Wildman–Crippen MR) is 165 cm³/mol. The smallest absolute Gasteiger partial charge is 0.355 e. The number of nitrogens with one attached hydrogen (secondary N) is 2. The molecule has 0 atom stereocenters. The molecule has 1 aromatic carbocycles. The average molecular weight is 641 g/mol. The van der Waals surface area contributed by atoms with E-state index in [0.29, 0.717) is 33.6 Å². The second kappa shape index (κ2) is 16.3. The topological polar surface area (TPSA) is 163 Å². The number of hydrogen-bond donors (Lipinski definition) is 2. The van der Waals surface area contributed by atoms with Gasteiger partial charge in [-0.2, -0.15) is 0 Å². The van der Waals surface area contributed by atoms with Crippen LogP contribution in [0.25, 0.3) is 0 Å². The second-order valence-corrected chi connectivity index (χ2v) is 10.4. The molecule has 0 fully saturated rings. The van der Waals surface area contributed by atoms with Crippen LogP contribution in [0.15, 0.2) is 30.3 Å². The highest BCUT2D eigenvalue weighted by atomic mass is 32.1. The summed E-state index contributed by atoms with van der Waals surface area (Å²) in [4.78, 5) is 69.0. The number of aryl methyl sites for hydroxylation is 1. The number of aromatic nitrogens is 2. The molecule has 2 aromatic heterocycles. The van der Waals surface area contributed by atoms with Crippen molar-refractivity contribution >= 4 is 46.9 Å². The molecule has 2 N–H and O–H groups in total. The van der Waals surface area contributed by atoms with Gasteiger partial charge in [0.1, 0.15) is 12.3 Å². The van der Waals surface area contributed by atoms with Gasteiger partial charge in [0.15, 0.2) is 0 Å². The Morgan fingerprint density at radius 2 is 1.13 bits per heavy atom. The van der Waals surface area contributed by atoms with Gasteiger partial charge in [-0.3, -0.25) is 19.2 Å². The number of aromatic amines is 2. The fraction of sp³-hybridized carbons (Fsp3) is 0.375. The Bertz CT molecular complexity index is 1570. The van der Waals surface area contributed by atoms with Crippen LogP contribution in [0.2, 0.25) is 0 Å². The maximum Gasteiger partial charge on any atom is 0.355 e. The van der Waals surface area contributed by atoms with Crippen LogP contribution in [-0.4, -0.2) is 73.1 Å². The summed E-state index contributed by atoms with van der Waals surface area (Å²) in [7, 11) is 5.03. The van der Waals surface area contributed by atoms with Crippen molar-refractivity contribution in [3.63, 3.8) is 0 Å². The Labute approximate surface area is 265 Å². The standard InChI is InChI=1S/C32H36N2O10S/c1-18-22(15-26(37)42-4)20(11-13-24(35)40-2)28(33-18)31(45)29-23(16-27(38)43-5)21(12-14-25(36)41-3)30(34-29)32(39)44-17-19-9-7-6-8-10-19/h6-10,33-34H,11-17H2,1-5H3. The number of rotatable bonds is 15. The van der Waals surface area contributed by atoms with Gasteiger partial charge in [0.05, 0.1) is 57.5 Å². The molecule has 3 aromatic rings. The first-order chi connectivity index (χ1) is 21.5. The number of methoxy groups -OCH3 is 4. The lowest BCUT2D eigenvalue weighted by molar-refractivity contribution is -0.141. The molecule has 45 heavy (non-hydrogen) atoms. The van der Waals surface area contributed by atoms with Crippen LogP contribution in [0, 0.1) is 6.92 Å². The summed E-state index contributed by atoms with van der Waals surface area (Å²) in [6.45, 7) is 1.73. The van der Waals surface area contributed by atoms with Crippen LogP contribution in [0.5, 0.6) is 0 Å². The summed E-state index contributed by atoms with van der Waals surface area (Å²) >= 11 is 5.94. The van der Waals surface area contributed by atoms with Gasteiger partial charge in [0.25, 0.3) is 0 Å². The Morgan fingerprint density at radius 3 is 1.67 bits per heavy atom. The minimum atomic E-state index is -0.723. The van der Waals surface area contributed by atoms with Gasteiger partial charge in [-0.1, -0.05) is 42.5 Å². The maximum absolute atomic E-state index is 13.5. The molecule has 0 amide bonds. The SMILES string of the molecule is COC(=O)CCc1c(C(=S)c2[nH]c(C(=O)OCc3ccccc3)c(CCC(=O)OC)c2CC(=O)OC)[nH]c(C)c1CC(=O)OC.